The van der Waals surface area contributed by atoms with Crippen LogP contribution < -0.4 is 0 Å². The quantitative estimate of drug-likeness (QED) is 0.725. The number of aliphatic carboxylic acids is 1. The molecule has 14 heavy (non-hydrogen) atoms. The largest absolute Gasteiger partial charge is 0.478 e. The molecule has 2 rings (SSSR count). The lowest BCUT2D eigenvalue weighted by molar-refractivity contribution is -0.131. The van der Waals surface area contributed by atoms with E-state index in [1.54, 1.807) is 6.20 Å². The predicted octanol–water partition coefficient (Wildman–Crippen LogP) is 1.43. The van der Waals surface area contributed by atoms with Crippen molar-refractivity contribution in [1.82, 2.24) is 9.38 Å². The first kappa shape index (κ1) is 8.50. The molecule has 0 unspecified atom stereocenters. The van der Waals surface area contributed by atoms with Crippen molar-refractivity contribution in [2.24, 2.45) is 0 Å². The molecule has 0 fully saturated rings. The Labute approximate surface area is 80.1 Å². The van der Waals surface area contributed by atoms with E-state index in [9.17, 15) is 4.79 Å². The van der Waals surface area contributed by atoms with Gasteiger partial charge in [-0.2, -0.15) is 0 Å². The summed E-state index contributed by atoms with van der Waals surface area (Å²) in [6.45, 7) is 0. The first-order valence-electron chi connectivity index (χ1n) is 4.10. The Balaban J connectivity index is 2.48. The fourth-order valence-corrected chi connectivity index (χ4v) is 1.23. The summed E-state index contributed by atoms with van der Waals surface area (Å²) in [5.41, 5.74) is 1.56. The summed E-state index contributed by atoms with van der Waals surface area (Å²) < 4.78 is 1.82. The van der Waals surface area contributed by atoms with Crippen LogP contribution >= 0.6 is 0 Å². The van der Waals surface area contributed by atoms with Crippen molar-refractivity contribution < 1.29 is 9.90 Å². The van der Waals surface area contributed by atoms with Crippen LogP contribution in [0.2, 0.25) is 0 Å². The van der Waals surface area contributed by atoms with Crippen LogP contribution in [-0.2, 0) is 4.79 Å². The number of hydrogen-bond acceptors (Lipinski definition) is 2. The summed E-state index contributed by atoms with van der Waals surface area (Å²) in [5, 5.41) is 8.47. The van der Waals surface area contributed by atoms with Crippen molar-refractivity contribution in [2.75, 3.05) is 0 Å². The number of fused-ring (bicyclic) bond motifs is 1. The second-order valence-electron chi connectivity index (χ2n) is 2.78. The molecule has 0 bridgehead atoms. The van der Waals surface area contributed by atoms with Crippen molar-refractivity contribution in [1.29, 1.82) is 0 Å². The number of rotatable bonds is 2. The smallest absolute Gasteiger partial charge is 0.328 e. The topological polar surface area (TPSA) is 54.6 Å². The highest BCUT2D eigenvalue weighted by Crippen LogP contribution is 2.07. The van der Waals surface area contributed by atoms with E-state index < -0.39 is 5.97 Å². The zero-order valence-corrected chi connectivity index (χ0v) is 7.29. The average molecular weight is 188 g/mol. The van der Waals surface area contributed by atoms with E-state index in [1.165, 1.54) is 6.08 Å². The van der Waals surface area contributed by atoms with Gasteiger partial charge in [0.1, 0.15) is 5.65 Å². The van der Waals surface area contributed by atoms with Gasteiger partial charge in [0, 0.05) is 12.3 Å². The average Bonchev–Trinajstić information content (AvgIpc) is 2.58. The Morgan fingerprint density at radius 3 is 3.14 bits per heavy atom. The summed E-state index contributed by atoms with van der Waals surface area (Å²) in [6.07, 6.45) is 6.08. The molecule has 0 aliphatic heterocycles. The van der Waals surface area contributed by atoms with E-state index >= 15 is 0 Å². The minimum absolute atomic E-state index is 0.753. The zero-order chi connectivity index (χ0) is 9.97. The van der Waals surface area contributed by atoms with Crippen molar-refractivity contribution >= 4 is 17.7 Å². The highest BCUT2D eigenvalue weighted by Gasteiger charge is 1.98. The molecule has 0 saturated heterocycles. The van der Waals surface area contributed by atoms with E-state index in [0.717, 1.165) is 17.4 Å². The van der Waals surface area contributed by atoms with Gasteiger partial charge in [-0.1, -0.05) is 6.07 Å². The van der Waals surface area contributed by atoms with E-state index in [4.69, 9.17) is 5.11 Å². The predicted molar refractivity (Wildman–Crippen MR) is 51.9 cm³/mol. The van der Waals surface area contributed by atoms with Gasteiger partial charge in [-0.25, -0.2) is 9.78 Å². The molecule has 2 aromatic rings. The first-order valence-corrected chi connectivity index (χ1v) is 4.10. The maximum absolute atomic E-state index is 10.3. The lowest BCUT2D eigenvalue weighted by atomic mass is 10.4. The van der Waals surface area contributed by atoms with Gasteiger partial charge in [-0.15, -0.1) is 0 Å². The third-order valence-electron chi connectivity index (χ3n) is 1.84. The normalized spacial score (nSPS) is 11.1. The second kappa shape index (κ2) is 3.33. The number of pyridine rings is 1. The Kier molecular flexibility index (Phi) is 2.02. The molecule has 0 amide bonds. The van der Waals surface area contributed by atoms with Crippen molar-refractivity contribution in [2.45, 2.75) is 0 Å². The van der Waals surface area contributed by atoms with Crippen LogP contribution in [0.25, 0.3) is 11.7 Å². The van der Waals surface area contributed by atoms with E-state index in [2.05, 4.69) is 4.98 Å². The molecule has 0 spiro atoms. The molecular weight excluding hydrogens is 180 g/mol. The number of carbonyl (C=O) groups is 1. The van der Waals surface area contributed by atoms with E-state index in [1.807, 2.05) is 28.8 Å². The summed E-state index contributed by atoms with van der Waals surface area (Å²) in [4.78, 5) is 14.4. The number of hydrogen-bond donors (Lipinski definition) is 1. The lowest BCUT2D eigenvalue weighted by Gasteiger charge is -1.93. The molecule has 70 valence electrons. The minimum Gasteiger partial charge on any atom is -0.478 e. The van der Waals surface area contributed by atoms with Crippen LogP contribution in [0.1, 0.15) is 5.69 Å². The molecule has 0 saturated carbocycles. The molecule has 2 aromatic heterocycles. The number of nitrogens with zero attached hydrogens (tertiary/aromatic N) is 2. The van der Waals surface area contributed by atoms with Gasteiger partial charge in [0.2, 0.25) is 0 Å². The van der Waals surface area contributed by atoms with Gasteiger partial charge in [-0.3, -0.25) is 0 Å². The molecule has 4 heteroatoms. The number of carboxylic acids is 1. The Morgan fingerprint density at radius 2 is 2.36 bits per heavy atom. The van der Waals surface area contributed by atoms with Crippen LogP contribution in [0.15, 0.2) is 36.7 Å². The summed E-state index contributed by atoms with van der Waals surface area (Å²) in [6, 6.07) is 5.61. The second-order valence-corrected chi connectivity index (χ2v) is 2.78. The van der Waals surface area contributed by atoms with Crippen LogP contribution in [0.5, 0.6) is 0 Å². The maximum Gasteiger partial charge on any atom is 0.328 e. The summed E-state index contributed by atoms with van der Waals surface area (Å²) in [7, 11) is 0. The van der Waals surface area contributed by atoms with Crippen LogP contribution in [0, 0.1) is 0 Å². The van der Waals surface area contributed by atoms with Crippen molar-refractivity contribution in [3.63, 3.8) is 0 Å². The van der Waals surface area contributed by atoms with Crippen molar-refractivity contribution in [3.05, 3.63) is 42.4 Å². The van der Waals surface area contributed by atoms with Crippen LogP contribution in [0.4, 0.5) is 0 Å². The molecule has 2 heterocycles. The monoisotopic (exact) mass is 188 g/mol. The maximum atomic E-state index is 10.3. The third kappa shape index (κ3) is 1.50. The molecule has 0 radical (unpaired) electrons. The van der Waals surface area contributed by atoms with Gasteiger partial charge in [0.05, 0.1) is 11.9 Å². The summed E-state index contributed by atoms with van der Waals surface area (Å²) >= 11 is 0. The van der Waals surface area contributed by atoms with E-state index in [-0.39, 0.29) is 0 Å². The highest BCUT2D eigenvalue weighted by atomic mass is 16.4. The number of imidazole rings is 1. The lowest BCUT2D eigenvalue weighted by Crippen LogP contribution is -1.88. The fraction of sp³-hybridized carbons (Fsp3) is 0. The standard InChI is InChI=1S/C10H8N2O2/c13-10(14)5-4-8-7-11-9-3-1-2-6-12(8)9/h1-7H,(H,13,14)/b5-4-. The van der Waals surface area contributed by atoms with Crippen LogP contribution in [0.3, 0.4) is 0 Å². The molecule has 0 aliphatic carbocycles. The Hall–Kier alpha value is -2.10. The zero-order valence-electron chi connectivity index (χ0n) is 7.29. The van der Waals surface area contributed by atoms with Gasteiger partial charge in [0.15, 0.2) is 0 Å². The van der Waals surface area contributed by atoms with Gasteiger partial charge < -0.3 is 9.51 Å². The minimum atomic E-state index is -0.962. The van der Waals surface area contributed by atoms with E-state index in [0.29, 0.717) is 0 Å². The molecule has 4 nitrogen and oxygen atoms in total. The molecular formula is C10H8N2O2. The number of aromatic nitrogens is 2. The first-order chi connectivity index (χ1) is 6.77. The van der Waals surface area contributed by atoms with Gasteiger partial charge in [0.25, 0.3) is 0 Å². The molecule has 0 aromatic carbocycles. The molecule has 0 aliphatic rings. The summed E-state index contributed by atoms with van der Waals surface area (Å²) in [5.74, 6) is -0.962. The molecule has 0 atom stereocenters. The Morgan fingerprint density at radius 1 is 1.50 bits per heavy atom. The van der Waals surface area contributed by atoms with Gasteiger partial charge >= 0.3 is 5.97 Å². The Bertz CT molecular complexity index is 500. The third-order valence-corrected chi connectivity index (χ3v) is 1.84. The SMILES string of the molecule is O=C(O)/C=C\c1cnc2ccccn12. The fourth-order valence-electron chi connectivity index (χ4n) is 1.23. The molecule has 1 N–H and O–H groups in total. The highest BCUT2D eigenvalue weighted by molar-refractivity contribution is 5.85. The van der Waals surface area contributed by atoms with Gasteiger partial charge in [-0.05, 0) is 18.2 Å². The van der Waals surface area contributed by atoms with Crippen molar-refractivity contribution in [3.8, 4) is 0 Å². The number of carboxylic acid groups (broad SMARTS) is 1. The van der Waals surface area contributed by atoms with Crippen LogP contribution in [-0.4, -0.2) is 20.5 Å².